The molecule has 2 N–H and O–H groups in total. The summed E-state index contributed by atoms with van der Waals surface area (Å²) in [6.07, 6.45) is -1.66. The van der Waals surface area contributed by atoms with Crippen molar-refractivity contribution in [1.29, 1.82) is 0 Å². The Morgan fingerprint density at radius 3 is 2.16 bits per heavy atom. The van der Waals surface area contributed by atoms with Crippen molar-refractivity contribution in [1.82, 2.24) is 0 Å². The summed E-state index contributed by atoms with van der Waals surface area (Å²) in [5.41, 5.74) is 5.77. The number of ether oxygens (including phenoxy) is 2. The van der Waals surface area contributed by atoms with E-state index in [1.165, 1.54) is 18.2 Å². The highest BCUT2D eigenvalue weighted by Gasteiger charge is 2.32. The first-order chi connectivity index (χ1) is 8.94. The van der Waals surface area contributed by atoms with Crippen molar-refractivity contribution in [3.63, 3.8) is 0 Å². The summed E-state index contributed by atoms with van der Waals surface area (Å²) in [5.74, 6) is -0.176. The van der Waals surface area contributed by atoms with E-state index in [2.05, 4.69) is 4.74 Å². The summed E-state index contributed by atoms with van der Waals surface area (Å²) in [4.78, 5) is 0. The molecule has 0 atom stereocenters. The van der Waals surface area contributed by atoms with Crippen LogP contribution >= 0.6 is 0 Å². The highest BCUT2D eigenvalue weighted by molar-refractivity contribution is 5.39. The topological polar surface area (TPSA) is 44.5 Å². The van der Waals surface area contributed by atoms with Crippen LogP contribution in [0.2, 0.25) is 0 Å². The molecule has 1 aliphatic rings. The van der Waals surface area contributed by atoms with Gasteiger partial charge in [-0.2, -0.15) is 0 Å². The van der Waals surface area contributed by atoms with Crippen LogP contribution in [0.5, 0.6) is 11.5 Å². The molecule has 0 unspecified atom stereocenters. The number of hydrogen-bond acceptors (Lipinski definition) is 3. The van der Waals surface area contributed by atoms with Crippen LogP contribution in [0.4, 0.5) is 13.2 Å². The Morgan fingerprint density at radius 2 is 1.58 bits per heavy atom. The van der Waals surface area contributed by atoms with Crippen LogP contribution < -0.4 is 15.2 Å². The first kappa shape index (κ1) is 14.0. The Kier molecular flexibility index (Phi) is 4.19. The van der Waals surface area contributed by atoms with Crippen molar-refractivity contribution in [2.24, 2.45) is 5.73 Å². The molecule has 0 aromatic heterocycles. The summed E-state index contributed by atoms with van der Waals surface area (Å²) in [6, 6.07) is 5.99. The highest BCUT2D eigenvalue weighted by Crippen LogP contribution is 2.34. The molecule has 3 nitrogen and oxygen atoms in total. The van der Waals surface area contributed by atoms with Gasteiger partial charge in [-0.3, -0.25) is 0 Å². The minimum Gasteiger partial charge on any atom is -0.487 e. The average molecular weight is 275 g/mol. The molecule has 19 heavy (non-hydrogen) atoms. The summed E-state index contributed by atoms with van der Waals surface area (Å²) < 4.78 is 46.3. The molecular weight excluding hydrogens is 259 g/mol. The zero-order valence-electron chi connectivity index (χ0n) is 10.3. The van der Waals surface area contributed by atoms with Gasteiger partial charge in [0.05, 0.1) is 6.10 Å². The Labute approximate surface area is 109 Å². The first-order valence-corrected chi connectivity index (χ1v) is 6.21. The van der Waals surface area contributed by atoms with Crippen molar-refractivity contribution in [2.75, 3.05) is 0 Å². The SMILES string of the molecule is N[C@H]1CC[C@H](Oc2ccccc2OC(F)(F)F)CC1. The van der Waals surface area contributed by atoms with Crippen LogP contribution in [-0.2, 0) is 0 Å². The minimum absolute atomic E-state index is 0.0993. The van der Waals surface area contributed by atoms with Crippen LogP contribution in [-0.4, -0.2) is 18.5 Å². The van der Waals surface area contributed by atoms with Crippen molar-refractivity contribution in [3.8, 4) is 11.5 Å². The van der Waals surface area contributed by atoms with Crippen molar-refractivity contribution in [2.45, 2.75) is 44.2 Å². The molecule has 1 aliphatic carbocycles. The molecule has 1 fully saturated rings. The van der Waals surface area contributed by atoms with Gasteiger partial charge in [-0.05, 0) is 37.8 Å². The van der Waals surface area contributed by atoms with Crippen LogP contribution in [0, 0.1) is 0 Å². The molecule has 106 valence electrons. The van der Waals surface area contributed by atoms with Gasteiger partial charge in [0.2, 0.25) is 0 Å². The van der Waals surface area contributed by atoms with Crippen LogP contribution in [0.3, 0.4) is 0 Å². The molecule has 0 heterocycles. The van der Waals surface area contributed by atoms with Gasteiger partial charge in [-0.25, -0.2) is 0 Å². The highest BCUT2D eigenvalue weighted by atomic mass is 19.4. The minimum atomic E-state index is -4.71. The van der Waals surface area contributed by atoms with Gasteiger partial charge < -0.3 is 15.2 Å². The summed E-state index contributed by atoms with van der Waals surface area (Å²) >= 11 is 0. The van der Waals surface area contributed by atoms with Crippen LogP contribution in [0.15, 0.2) is 24.3 Å². The summed E-state index contributed by atoms with van der Waals surface area (Å²) in [7, 11) is 0. The number of benzene rings is 1. The van der Waals surface area contributed by atoms with Crippen LogP contribution in [0.1, 0.15) is 25.7 Å². The van der Waals surface area contributed by atoms with Crippen molar-refractivity contribution in [3.05, 3.63) is 24.3 Å². The Bertz CT molecular complexity index is 415. The third-order valence-electron chi connectivity index (χ3n) is 3.09. The fourth-order valence-electron chi connectivity index (χ4n) is 2.14. The lowest BCUT2D eigenvalue weighted by atomic mass is 9.94. The molecule has 0 spiro atoms. The van der Waals surface area contributed by atoms with E-state index in [1.54, 1.807) is 6.07 Å². The fraction of sp³-hybridized carbons (Fsp3) is 0.538. The van der Waals surface area contributed by atoms with E-state index in [0.717, 1.165) is 25.7 Å². The monoisotopic (exact) mass is 275 g/mol. The second-order valence-corrected chi connectivity index (χ2v) is 4.65. The zero-order valence-corrected chi connectivity index (χ0v) is 10.3. The van der Waals surface area contributed by atoms with Crippen molar-refractivity contribution < 1.29 is 22.6 Å². The second kappa shape index (κ2) is 5.69. The first-order valence-electron chi connectivity index (χ1n) is 6.21. The van der Waals surface area contributed by atoms with Gasteiger partial charge in [0.25, 0.3) is 0 Å². The van der Waals surface area contributed by atoms with E-state index in [4.69, 9.17) is 10.5 Å². The fourth-order valence-corrected chi connectivity index (χ4v) is 2.14. The molecule has 0 bridgehead atoms. The van der Waals surface area contributed by atoms with E-state index in [0.29, 0.717) is 0 Å². The maximum atomic E-state index is 12.3. The maximum absolute atomic E-state index is 12.3. The van der Waals surface area contributed by atoms with Gasteiger partial charge in [0.1, 0.15) is 0 Å². The number of rotatable bonds is 3. The van der Waals surface area contributed by atoms with Gasteiger partial charge >= 0.3 is 6.36 Å². The van der Waals surface area contributed by atoms with Gasteiger partial charge in [-0.15, -0.1) is 13.2 Å². The predicted octanol–water partition coefficient (Wildman–Crippen LogP) is 3.23. The normalized spacial score (nSPS) is 24.0. The smallest absolute Gasteiger partial charge is 0.487 e. The standard InChI is InChI=1S/C13H16F3NO2/c14-13(15,16)19-12-4-2-1-3-11(12)18-10-7-5-9(17)6-8-10/h1-4,9-10H,5-8,17H2/t9-,10-. The lowest BCUT2D eigenvalue weighted by Gasteiger charge is -2.27. The van der Waals surface area contributed by atoms with E-state index in [-0.39, 0.29) is 23.6 Å². The average Bonchev–Trinajstić information content (AvgIpc) is 2.33. The molecular formula is C13H16F3NO2. The molecule has 0 amide bonds. The lowest BCUT2D eigenvalue weighted by Crippen LogP contribution is -2.31. The molecule has 0 saturated heterocycles. The lowest BCUT2D eigenvalue weighted by molar-refractivity contribution is -0.275. The molecule has 0 radical (unpaired) electrons. The molecule has 0 aliphatic heterocycles. The quantitative estimate of drug-likeness (QED) is 0.921. The van der Waals surface area contributed by atoms with Gasteiger partial charge in [-0.1, -0.05) is 12.1 Å². The van der Waals surface area contributed by atoms with E-state index < -0.39 is 6.36 Å². The van der Waals surface area contributed by atoms with Crippen molar-refractivity contribution >= 4 is 0 Å². The predicted molar refractivity (Wildman–Crippen MR) is 64.0 cm³/mol. The third-order valence-corrected chi connectivity index (χ3v) is 3.09. The van der Waals surface area contributed by atoms with E-state index in [1.807, 2.05) is 0 Å². The number of hydrogen-bond donors (Lipinski definition) is 1. The molecule has 1 saturated carbocycles. The Hall–Kier alpha value is -1.43. The zero-order chi connectivity index (χ0) is 13.9. The Balaban J connectivity index is 2.03. The summed E-state index contributed by atoms with van der Waals surface area (Å²) in [5, 5.41) is 0. The molecule has 2 rings (SSSR count). The molecule has 6 heteroatoms. The number of para-hydroxylation sites is 2. The Morgan fingerprint density at radius 1 is 1.00 bits per heavy atom. The third kappa shape index (κ3) is 4.31. The second-order valence-electron chi connectivity index (χ2n) is 4.65. The molecule has 1 aromatic rings. The largest absolute Gasteiger partial charge is 0.573 e. The van der Waals surface area contributed by atoms with E-state index >= 15 is 0 Å². The van der Waals surface area contributed by atoms with Gasteiger partial charge in [0, 0.05) is 6.04 Å². The summed E-state index contributed by atoms with van der Waals surface area (Å²) in [6.45, 7) is 0. The number of halogens is 3. The van der Waals surface area contributed by atoms with Crippen LogP contribution in [0.25, 0.3) is 0 Å². The molecule has 1 aromatic carbocycles. The van der Waals surface area contributed by atoms with Gasteiger partial charge in [0.15, 0.2) is 11.5 Å². The van der Waals surface area contributed by atoms with E-state index in [9.17, 15) is 13.2 Å². The number of alkyl halides is 3. The maximum Gasteiger partial charge on any atom is 0.573 e. The number of nitrogens with two attached hydrogens (primary N) is 1.